The molecule has 0 saturated heterocycles. The number of ether oxygens (including phenoxy) is 1. The van der Waals surface area contributed by atoms with Gasteiger partial charge in [0.15, 0.2) is 0 Å². The molecule has 6 heteroatoms. The van der Waals surface area contributed by atoms with E-state index in [2.05, 4.69) is 4.72 Å². The Bertz CT molecular complexity index is 550. The van der Waals surface area contributed by atoms with Crippen LogP contribution in [-0.2, 0) is 14.8 Å². The van der Waals surface area contributed by atoms with Crippen molar-refractivity contribution in [2.24, 2.45) is 0 Å². The maximum atomic E-state index is 12.5. The predicted molar refractivity (Wildman–Crippen MR) is 81.2 cm³/mol. The molecule has 0 fully saturated rings. The predicted octanol–water partition coefficient (Wildman–Crippen LogP) is 1.98. The third-order valence-electron chi connectivity index (χ3n) is 3.16. The lowest BCUT2D eigenvalue weighted by Crippen LogP contribution is -2.38. The Kier molecular flexibility index (Phi) is 5.98. The van der Waals surface area contributed by atoms with Crippen molar-refractivity contribution in [3.63, 3.8) is 0 Å². The SMILES string of the molecule is CCCC(COC)NS(=O)(=O)c1cc(C)cc(N)c1C. The van der Waals surface area contributed by atoms with Crippen molar-refractivity contribution in [2.75, 3.05) is 19.5 Å². The van der Waals surface area contributed by atoms with Crippen LogP contribution in [0.5, 0.6) is 0 Å². The van der Waals surface area contributed by atoms with Crippen LogP contribution < -0.4 is 10.5 Å². The summed E-state index contributed by atoms with van der Waals surface area (Å²) in [5.41, 5.74) is 7.74. The van der Waals surface area contributed by atoms with Gasteiger partial charge in [-0.2, -0.15) is 0 Å². The number of methoxy groups -OCH3 is 1. The van der Waals surface area contributed by atoms with Crippen molar-refractivity contribution in [2.45, 2.75) is 44.6 Å². The summed E-state index contributed by atoms with van der Waals surface area (Å²) in [6.07, 6.45) is 1.61. The van der Waals surface area contributed by atoms with Crippen LogP contribution in [0, 0.1) is 13.8 Å². The van der Waals surface area contributed by atoms with Gasteiger partial charge in [-0.15, -0.1) is 0 Å². The minimum Gasteiger partial charge on any atom is -0.398 e. The van der Waals surface area contributed by atoms with Crippen LogP contribution in [0.15, 0.2) is 17.0 Å². The number of nitrogen functional groups attached to an aromatic ring is 1. The lowest BCUT2D eigenvalue weighted by molar-refractivity contribution is 0.171. The summed E-state index contributed by atoms with van der Waals surface area (Å²) in [6, 6.07) is 3.19. The zero-order valence-electron chi connectivity index (χ0n) is 12.6. The monoisotopic (exact) mass is 300 g/mol. The molecular formula is C14H24N2O3S. The number of nitrogens with two attached hydrogens (primary N) is 1. The quantitative estimate of drug-likeness (QED) is 0.754. The van der Waals surface area contributed by atoms with E-state index in [1.807, 2.05) is 13.8 Å². The standard InChI is InChI=1S/C14H24N2O3S/c1-5-6-12(9-19-4)16-20(17,18)14-8-10(2)7-13(15)11(14)3/h7-8,12,16H,5-6,9,15H2,1-4H3. The van der Waals surface area contributed by atoms with Crippen LogP contribution in [0.2, 0.25) is 0 Å². The highest BCUT2D eigenvalue weighted by molar-refractivity contribution is 7.89. The highest BCUT2D eigenvalue weighted by Crippen LogP contribution is 2.23. The van der Waals surface area contributed by atoms with Crippen molar-refractivity contribution < 1.29 is 13.2 Å². The van der Waals surface area contributed by atoms with Crippen molar-refractivity contribution in [3.8, 4) is 0 Å². The molecule has 0 aliphatic rings. The van der Waals surface area contributed by atoms with Gasteiger partial charge in [0.25, 0.3) is 0 Å². The summed E-state index contributed by atoms with van der Waals surface area (Å²) in [7, 11) is -2.03. The first-order valence-corrected chi connectivity index (χ1v) is 8.18. The summed E-state index contributed by atoms with van der Waals surface area (Å²) in [5, 5.41) is 0. The van der Waals surface area contributed by atoms with Crippen molar-refractivity contribution >= 4 is 15.7 Å². The zero-order chi connectivity index (χ0) is 15.3. The maximum Gasteiger partial charge on any atom is 0.241 e. The maximum absolute atomic E-state index is 12.5. The van der Waals surface area contributed by atoms with E-state index in [0.717, 1.165) is 18.4 Å². The molecule has 0 aliphatic heterocycles. The van der Waals surface area contributed by atoms with Gasteiger partial charge < -0.3 is 10.5 Å². The van der Waals surface area contributed by atoms with E-state index in [1.54, 1.807) is 26.2 Å². The van der Waals surface area contributed by atoms with E-state index in [1.165, 1.54) is 0 Å². The normalized spacial score (nSPS) is 13.4. The van der Waals surface area contributed by atoms with E-state index in [0.29, 0.717) is 17.9 Å². The molecule has 0 bridgehead atoms. The molecule has 0 aliphatic carbocycles. The van der Waals surface area contributed by atoms with Gasteiger partial charge in [-0.25, -0.2) is 13.1 Å². The van der Waals surface area contributed by atoms with Crippen LogP contribution in [0.25, 0.3) is 0 Å². The summed E-state index contributed by atoms with van der Waals surface area (Å²) in [5.74, 6) is 0. The average molecular weight is 300 g/mol. The van der Waals surface area contributed by atoms with Gasteiger partial charge in [0.05, 0.1) is 11.5 Å². The summed E-state index contributed by atoms with van der Waals surface area (Å²) in [6.45, 7) is 5.91. The van der Waals surface area contributed by atoms with Crippen molar-refractivity contribution in [1.82, 2.24) is 4.72 Å². The Balaban J connectivity index is 3.10. The molecule has 0 heterocycles. The number of hydrogen-bond acceptors (Lipinski definition) is 4. The smallest absolute Gasteiger partial charge is 0.241 e. The largest absolute Gasteiger partial charge is 0.398 e. The van der Waals surface area contributed by atoms with E-state index in [4.69, 9.17) is 10.5 Å². The van der Waals surface area contributed by atoms with Gasteiger partial charge in [0, 0.05) is 18.8 Å². The topological polar surface area (TPSA) is 81.4 Å². The number of rotatable bonds is 7. The molecule has 1 unspecified atom stereocenters. The van der Waals surface area contributed by atoms with Crippen LogP contribution >= 0.6 is 0 Å². The third-order valence-corrected chi connectivity index (χ3v) is 4.81. The number of benzene rings is 1. The number of aryl methyl sites for hydroxylation is 1. The molecule has 0 spiro atoms. The summed E-state index contributed by atoms with van der Waals surface area (Å²) < 4.78 is 32.8. The van der Waals surface area contributed by atoms with Gasteiger partial charge in [-0.3, -0.25) is 0 Å². The number of nitrogens with one attached hydrogen (secondary N) is 1. The molecule has 20 heavy (non-hydrogen) atoms. The lowest BCUT2D eigenvalue weighted by atomic mass is 10.1. The second kappa shape index (κ2) is 7.06. The zero-order valence-corrected chi connectivity index (χ0v) is 13.4. The van der Waals surface area contributed by atoms with E-state index >= 15 is 0 Å². The minimum atomic E-state index is -3.59. The molecule has 5 nitrogen and oxygen atoms in total. The third kappa shape index (κ3) is 4.19. The molecule has 0 radical (unpaired) electrons. The minimum absolute atomic E-state index is 0.226. The molecule has 0 saturated carbocycles. The summed E-state index contributed by atoms with van der Waals surface area (Å²) in [4.78, 5) is 0.243. The summed E-state index contributed by atoms with van der Waals surface area (Å²) >= 11 is 0. The Morgan fingerprint density at radius 3 is 2.55 bits per heavy atom. The van der Waals surface area contributed by atoms with E-state index < -0.39 is 10.0 Å². The fraction of sp³-hybridized carbons (Fsp3) is 0.571. The molecular weight excluding hydrogens is 276 g/mol. The number of hydrogen-bond donors (Lipinski definition) is 2. The molecule has 1 atom stereocenters. The molecule has 1 rings (SSSR count). The van der Waals surface area contributed by atoms with Crippen LogP contribution in [0.4, 0.5) is 5.69 Å². The molecule has 114 valence electrons. The first kappa shape index (κ1) is 16.9. The van der Waals surface area contributed by atoms with E-state index in [9.17, 15) is 8.42 Å². The first-order valence-electron chi connectivity index (χ1n) is 6.69. The van der Waals surface area contributed by atoms with Crippen LogP contribution in [-0.4, -0.2) is 28.2 Å². The Morgan fingerprint density at radius 2 is 2.00 bits per heavy atom. The highest BCUT2D eigenvalue weighted by atomic mass is 32.2. The number of anilines is 1. The van der Waals surface area contributed by atoms with Crippen LogP contribution in [0.3, 0.4) is 0 Å². The fourth-order valence-corrected chi connectivity index (χ4v) is 3.75. The van der Waals surface area contributed by atoms with Gasteiger partial charge in [-0.05, 0) is 43.5 Å². The molecule has 3 N–H and O–H groups in total. The molecule has 1 aromatic rings. The Labute approximate surface area is 121 Å². The Morgan fingerprint density at radius 1 is 1.35 bits per heavy atom. The first-order chi connectivity index (χ1) is 9.31. The van der Waals surface area contributed by atoms with Crippen molar-refractivity contribution in [3.05, 3.63) is 23.3 Å². The van der Waals surface area contributed by atoms with Gasteiger partial charge in [0.2, 0.25) is 10.0 Å². The van der Waals surface area contributed by atoms with Gasteiger partial charge in [-0.1, -0.05) is 13.3 Å². The second-order valence-corrected chi connectivity index (χ2v) is 6.72. The Hall–Kier alpha value is -1.11. The molecule has 0 amide bonds. The highest BCUT2D eigenvalue weighted by Gasteiger charge is 2.22. The molecule has 0 aromatic heterocycles. The van der Waals surface area contributed by atoms with Gasteiger partial charge in [0.1, 0.15) is 0 Å². The van der Waals surface area contributed by atoms with Crippen LogP contribution in [0.1, 0.15) is 30.9 Å². The van der Waals surface area contributed by atoms with E-state index in [-0.39, 0.29) is 10.9 Å². The van der Waals surface area contributed by atoms with Crippen molar-refractivity contribution in [1.29, 1.82) is 0 Å². The molecule has 1 aromatic carbocycles. The average Bonchev–Trinajstić information content (AvgIpc) is 2.33. The fourth-order valence-electron chi connectivity index (χ4n) is 2.14. The lowest BCUT2D eigenvalue weighted by Gasteiger charge is -2.19. The van der Waals surface area contributed by atoms with Gasteiger partial charge >= 0.3 is 0 Å². The number of sulfonamides is 1. The second-order valence-electron chi connectivity index (χ2n) is 5.04.